The predicted molar refractivity (Wildman–Crippen MR) is 64.3 cm³/mol. The molecule has 1 N–H and O–H groups in total. The normalized spacial score (nSPS) is 13.1. The van der Waals surface area contributed by atoms with Gasteiger partial charge in [-0.2, -0.15) is 0 Å². The van der Waals surface area contributed by atoms with Crippen LogP contribution in [0.5, 0.6) is 0 Å². The summed E-state index contributed by atoms with van der Waals surface area (Å²) in [6, 6.07) is 0. The van der Waals surface area contributed by atoms with Crippen LogP contribution in [-0.4, -0.2) is 26.0 Å². The summed E-state index contributed by atoms with van der Waals surface area (Å²) in [6.07, 6.45) is 2.09. The molecule has 0 amide bonds. The molecule has 0 spiro atoms. The molecule has 0 bridgehead atoms. The van der Waals surface area contributed by atoms with Crippen molar-refractivity contribution in [2.24, 2.45) is 5.41 Å². The first-order valence-corrected chi connectivity index (χ1v) is 7.63. The molecule has 0 saturated heterocycles. The van der Waals surface area contributed by atoms with Crippen LogP contribution in [-0.2, 0) is 10.0 Å². The fourth-order valence-corrected chi connectivity index (χ4v) is 2.14. The van der Waals surface area contributed by atoms with Crippen molar-refractivity contribution in [3.63, 3.8) is 0 Å². The summed E-state index contributed by atoms with van der Waals surface area (Å²) in [7, 11) is -3.04. The van der Waals surface area contributed by atoms with Crippen molar-refractivity contribution in [3.05, 3.63) is 0 Å². The van der Waals surface area contributed by atoms with E-state index < -0.39 is 10.0 Å². The summed E-state index contributed by atoms with van der Waals surface area (Å²) in [4.78, 5) is 0. The van der Waals surface area contributed by atoms with Crippen molar-refractivity contribution in [1.82, 2.24) is 4.72 Å². The number of alkyl halides is 1. The maximum Gasteiger partial charge on any atom is 0.211 e. The van der Waals surface area contributed by atoms with Crippen molar-refractivity contribution in [3.8, 4) is 0 Å². The van der Waals surface area contributed by atoms with Gasteiger partial charge in [0.25, 0.3) is 0 Å². The van der Waals surface area contributed by atoms with Gasteiger partial charge >= 0.3 is 0 Å². The Morgan fingerprint density at radius 3 is 2.36 bits per heavy atom. The lowest BCUT2D eigenvalue weighted by Gasteiger charge is -2.24. The number of rotatable bonds is 7. The lowest BCUT2D eigenvalue weighted by molar-refractivity contribution is 0.332. The van der Waals surface area contributed by atoms with E-state index in [0.29, 0.717) is 6.54 Å². The minimum atomic E-state index is -3.04. The smallest absolute Gasteiger partial charge is 0.211 e. The van der Waals surface area contributed by atoms with Gasteiger partial charge in [0.05, 0.1) is 5.75 Å². The van der Waals surface area contributed by atoms with Crippen LogP contribution in [0, 0.1) is 5.41 Å². The van der Waals surface area contributed by atoms with Gasteiger partial charge in [0.15, 0.2) is 0 Å². The summed E-state index contributed by atoms with van der Waals surface area (Å²) < 4.78 is 25.0. The second-order valence-corrected chi connectivity index (χ2v) is 7.07. The monoisotopic (exact) mass is 285 g/mol. The van der Waals surface area contributed by atoms with Crippen LogP contribution in [0.25, 0.3) is 0 Å². The molecule has 0 unspecified atom stereocenters. The molecule has 0 aromatic carbocycles. The molecule has 0 radical (unpaired) electrons. The van der Waals surface area contributed by atoms with Gasteiger partial charge in [-0.25, -0.2) is 13.1 Å². The number of halogens is 1. The van der Waals surface area contributed by atoms with E-state index in [1.165, 1.54) is 0 Å². The van der Waals surface area contributed by atoms with Gasteiger partial charge in [-0.3, -0.25) is 0 Å². The molecule has 0 aromatic heterocycles. The van der Waals surface area contributed by atoms with E-state index in [4.69, 9.17) is 0 Å². The van der Waals surface area contributed by atoms with Crippen LogP contribution in [0.2, 0.25) is 0 Å². The van der Waals surface area contributed by atoms with Gasteiger partial charge in [0, 0.05) is 11.9 Å². The van der Waals surface area contributed by atoms with Gasteiger partial charge in [0.1, 0.15) is 0 Å². The predicted octanol–water partition coefficient (Wildman–Crippen LogP) is 2.13. The van der Waals surface area contributed by atoms with E-state index in [2.05, 4.69) is 34.5 Å². The number of sulfonamides is 1. The average Bonchev–Trinajstić information content (AvgIpc) is 2.12. The molecule has 0 aliphatic heterocycles. The van der Waals surface area contributed by atoms with E-state index in [0.717, 1.165) is 18.2 Å². The molecule has 0 rings (SSSR count). The molecular weight excluding hydrogens is 266 g/mol. The third-order valence-corrected chi connectivity index (χ3v) is 4.04. The van der Waals surface area contributed by atoms with E-state index in [1.54, 1.807) is 6.92 Å². The zero-order chi connectivity index (χ0) is 11.2. The maximum atomic E-state index is 11.2. The van der Waals surface area contributed by atoms with Crippen LogP contribution in [0.1, 0.15) is 33.6 Å². The Morgan fingerprint density at radius 2 is 1.93 bits per heavy atom. The standard InChI is InChI=1S/C9H20BrNO2S/c1-4-14(12,13)11-8-9(2,3)6-5-7-10/h11H,4-8H2,1-3H3. The van der Waals surface area contributed by atoms with Crippen LogP contribution in [0.3, 0.4) is 0 Å². The number of hydrogen-bond donors (Lipinski definition) is 1. The first kappa shape index (κ1) is 14.4. The van der Waals surface area contributed by atoms with Gasteiger partial charge < -0.3 is 0 Å². The molecule has 5 heteroatoms. The van der Waals surface area contributed by atoms with E-state index in [-0.39, 0.29) is 11.2 Å². The summed E-state index contributed by atoms with van der Waals surface area (Å²) >= 11 is 3.37. The highest BCUT2D eigenvalue weighted by Gasteiger charge is 2.19. The first-order valence-electron chi connectivity index (χ1n) is 4.86. The molecule has 0 fully saturated rings. The molecule has 14 heavy (non-hydrogen) atoms. The van der Waals surface area contributed by atoms with Gasteiger partial charge in [0.2, 0.25) is 10.0 Å². The van der Waals surface area contributed by atoms with Gasteiger partial charge in [-0.05, 0) is 25.2 Å². The fraction of sp³-hybridized carbons (Fsp3) is 1.00. The Hall–Kier alpha value is 0.390. The third kappa shape index (κ3) is 6.79. The third-order valence-electron chi connectivity index (χ3n) is 2.14. The number of nitrogens with one attached hydrogen (secondary N) is 1. The molecule has 0 aromatic rings. The first-order chi connectivity index (χ1) is 6.33. The van der Waals surface area contributed by atoms with Crippen molar-refractivity contribution < 1.29 is 8.42 Å². The summed E-state index contributed by atoms with van der Waals surface area (Å²) in [6.45, 7) is 6.33. The Bertz CT molecular complexity index is 250. The molecule has 3 nitrogen and oxygen atoms in total. The fourth-order valence-electron chi connectivity index (χ4n) is 1.04. The zero-order valence-electron chi connectivity index (χ0n) is 9.14. The minimum Gasteiger partial charge on any atom is -0.215 e. The SMILES string of the molecule is CCS(=O)(=O)NCC(C)(C)CCCBr. The van der Waals surface area contributed by atoms with Crippen molar-refractivity contribution in [2.45, 2.75) is 33.6 Å². The van der Waals surface area contributed by atoms with E-state index in [1.807, 2.05) is 0 Å². The van der Waals surface area contributed by atoms with E-state index >= 15 is 0 Å². The summed E-state index contributed by atoms with van der Waals surface area (Å²) in [5.41, 5.74) is 0.0377. The molecule has 0 heterocycles. The van der Waals surface area contributed by atoms with Crippen LogP contribution in [0.4, 0.5) is 0 Å². The van der Waals surface area contributed by atoms with Crippen LogP contribution < -0.4 is 4.72 Å². The quantitative estimate of drug-likeness (QED) is 0.729. The highest BCUT2D eigenvalue weighted by atomic mass is 79.9. The minimum absolute atomic E-state index is 0.0377. The second kappa shape index (κ2) is 6.08. The molecule has 0 saturated carbocycles. The summed E-state index contributed by atoms with van der Waals surface area (Å²) in [5.74, 6) is 0.154. The Morgan fingerprint density at radius 1 is 1.36 bits per heavy atom. The second-order valence-electron chi connectivity index (χ2n) is 4.18. The van der Waals surface area contributed by atoms with Gasteiger partial charge in [-0.1, -0.05) is 29.8 Å². The van der Waals surface area contributed by atoms with Crippen LogP contribution >= 0.6 is 15.9 Å². The Labute approximate surface area is 95.8 Å². The molecular formula is C9H20BrNO2S. The Kier molecular flexibility index (Phi) is 6.25. The lowest BCUT2D eigenvalue weighted by Crippen LogP contribution is -2.34. The average molecular weight is 286 g/mol. The van der Waals surface area contributed by atoms with E-state index in [9.17, 15) is 8.42 Å². The van der Waals surface area contributed by atoms with Crippen LogP contribution in [0.15, 0.2) is 0 Å². The Balaban J connectivity index is 3.98. The molecule has 0 aliphatic rings. The molecule has 86 valence electrons. The van der Waals surface area contributed by atoms with Crippen molar-refractivity contribution in [2.75, 3.05) is 17.6 Å². The van der Waals surface area contributed by atoms with Gasteiger partial charge in [-0.15, -0.1) is 0 Å². The summed E-state index contributed by atoms with van der Waals surface area (Å²) in [5, 5.41) is 0.969. The topological polar surface area (TPSA) is 46.2 Å². The molecule has 0 atom stereocenters. The maximum absolute atomic E-state index is 11.2. The highest BCUT2D eigenvalue weighted by Crippen LogP contribution is 2.21. The van der Waals surface area contributed by atoms with Crippen molar-refractivity contribution >= 4 is 26.0 Å². The largest absolute Gasteiger partial charge is 0.215 e. The zero-order valence-corrected chi connectivity index (χ0v) is 11.5. The lowest BCUT2D eigenvalue weighted by atomic mass is 9.88. The van der Waals surface area contributed by atoms with Crippen molar-refractivity contribution in [1.29, 1.82) is 0 Å². The molecule has 0 aliphatic carbocycles. The number of hydrogen-bond acceptors (Lipinski definition) is 2. The highest BCUT2D eigenvalue weighted by molar-refractivity contribution is 9.09.